The number of pyridine rings is 2. The number of hydrogen-bond donors (Lipinski definition) is 0. The molecule has 2 aliphatic heterocycles. The molecule has 2 aliphatic rings. The minimum atomic E-state index is -4.60. The molecule has 0 radical (unpaired) electrons. The molecule has 0 N–H and O–H groups in total. The van der Waals surface area contributed by atoms with Crippen LogP contribution in [0.2, 0.25) is 0 Å². The number of amides is 1. The number of fused-ring (bicyclic) bond motifs is 3. The van der Waals surface area contributed by atoms with Crippen molar-refractivity contribution in [2.75, 3.05) is 26.2 Å². The van der Waals surface area contributed by atoms with Gasteiger partial charge in [-0.05, 0) is 80.9 Å². The van der Waals surface area contributed by atoms with Gasteiger partial charge < -0.3 is 9.80 Å². The Balaban J connectivity index is 1.58. The van der Waals surface area contributed by atoms with E-state index in [1.807, 2.05) is 0 Å². The standard InChI is InChI=1S/C26H27F3N4O3/c1-15-13-21-20-14-17(26(27,28)29)5-6-19(20)24(35)33(16(2)34)23(21)30-22(15)25(36)32-11-7-18(8-12-32)31-9-3-4-10-31/h5-6,13-14,18H,3-4,7-12H2,1-2H3. The van der Waals surface area contributed by atoms with Gasteiger partial charge >= 0.3 is 6.18 Å². The van der Waals surface area contributed by atoms with E-state index in [0.717, 1.165) is 48.7 Å². The summed E-state index contributed by atoms with van der Waals surface area (Å²) in [6, 6.07) is 4.81. The largest absolute Gasteiger partial charge is 0.416 e. The van der Waals surface area contributed by atoms with E-state index >= 15 is 0 Å². The van der Waals surface area contributed by atoms with Gasteiger partial charge in [0.1, 0.15) is 5.69 Å². The Kier molecular flexibility index (Phi) is 6.10. The third-order valence-corrected chi connectivity index (χ3v) is 7.40. The average molecular weight is 501 g/mol. The summed E-state index contributed by atoms with van der Waals surface area (Å²) < 4.78 is 41.0. The second-order valence-corrected chi connectivity index (χ2v) is 9.71. The molecule has 190 valence electrons. The molecule has 7 nitrogen and oxygen atoms in total. The van der Waals surface area contributed by atoms with Crippen LogP contribution in [-0.2, 0) is 6.18 Å². The first-order valence-corrected chi connectivity index (χ1v) is 12.2. The summed E-state index contributed by atoms with van der Waals surface area (Å²) in [6.07, 6.45) is -0.467. The van der Waals surface area contributed by atoms with Crippen LogP contribution >= 0.6 is 0 Å². The maximum absolute atomic E-state index is 13.4. The summed E-state index contributed by atoms with van der Waals surface area (Å²) in [7, 11) is 0. The van der Waals surface area contributed by atoms with Crippen molar-refractivity contribution in [1.29, 1.82) is 0 Å². The van der Waals surface area contributed by atoms with Crippen molar-refractivity contribution in [3.05, 3.63) is 51.4 Å². The molecule has 2 saturated heterocycles. The van der Waals surface area contributed by atoms with Crippen molar-refractivity contribution < 1.29 is 22.8 Å². The van der Waals surface area contributed by atoms with Crippen molar-refractivity contribution in [3.8, 4) is 0 Å². The van der Waals surface area contributed by atoms with Crippen LogP contribution in [0.25, 0.3) is 21.8 Å². The first-order chi connectivity index (χ1) is 17.1. The van der Waals surface area contributed by atoms with E-state index in [9.17, 15) is 27.6 Å². The maximum Gasteiger partial charge on any atom is 0.416 e. The fourth-order valence-corrected chi connectivity index (χ4v) is 5.52. The molecule has 0 saturated carbocycles. The summed E-state index contributed by atoms with van der Waals surface area (Å²) in [5, 5.41) is 0.242. The molecule has 3 aromatic rings. The number of halogens is 3. The van der Waals surface area contributed by atoms with E-state index in [1.54, 1.807) is 17.9 Å². The normalized spacial score (nSPS) is 17.9. The van der Waals surface area contributed by atoms with Crippen LogP contribution in [0.5, 0.6) is 0 Å². The van der Waals surface area contributed by atoms with Gasteiger partial charge in [-0.1, -0.05) is 0 Å². The smallest absolute Gasteiger partial charge is 0.337 e. The Labute approximate surface area is 205 Å². The summed E-state index contributed by atoms with van der Waals surface area (Å²) >= 11 is 0. The molecule has 0 aliphatic carbocycles. The number of alkyl halides is 3. The number of likely N-dealkylation sites (tertiary alicyclic amines) is 2. The highest BCUT2D eigenvalue weighted by atomic mass is 19.4. The van der Waals surface area contributed by atoms with Crippen molar-refractivity contribution in [2.45, 2.75) is 51.7 Å². The lowest BCUT2D eigenvalue weighted by atomic mass is 10.0. The van der Waals surface area contributed by atoms with Crippen molar-refractivity contribution in [3.63, 3.8) is 0 Å². The first-order valence-electron chi connectivity index (χ1n) is 12.2. The molecule has 4 heterocycles. The van der Waals surface area contributed by atoms with Gasteiger partial charge in [0.05, 0.1) is 5.56 Å². The predicted molar refractivity (Wildman–Crippen MR) is 129 cm³/mol. The van der Waals surface area contributed by atoms with Gasteiger partial charge in [0.2, 0.25) is 5.91 Å². The minimum Gasteiger partial charge on any atom is -0.337 e. The van der Waals surface area contributed by atoms with Crippen LogP contribution in [0.1, 0.15) is 59.0 Å². The van der Waals surface area contributed by atoms with Crippen LogP contribution in [-0.4, -0.2) is 63.4 Å². The second kappa shape index (κ2) is 8.99. The number of carbonyl (C=O) groups excluding carboxylic acids is 2. The summed E-state index contributed by atoms with van der Waals surface area (Å²) in [6.45, 7) is 6.19. The Morgan fingerprint density at radius 2 is 1.64 bits per heavy atom. The highest BCUT2D eigenvalue weighted by Gasteiger charge is 2.32. The number of piperidine rings is 1. The molecule has 10 heteroatoms. The first kappa shape index (κ1) is 24.4. The van der Waals surface area contributed by atoms with Gasteiger partial charge in [-0.2, -0.15) is 13.2 Å². The maximum atomic E-state index is 13.4. The highest BCUT2D eigenvalue weighted by Crippen LogP contribution is 2.33. The van der Waals surface area contributed by atoms with Gasteiger partial charge in [-0.25, -0.2) is 9.55 Å². The topological polar surface area (TPSA) is 75.5 Å². The van der Waals surface area contributed by atoms with E-state index in [1.165, 1.54) is 19.8 Å². The molecule has 2 fully saturated rings. The molecule has 0 bridgehead atoms. The molecule has 1 aromatic carbocycles. The van der Waals surface area contributed by atoms with Gasteiger partial charge in [-0.3, -0.25) is 14.4 Å². The lowest BCUT2D eigenvalue weighted by molar-refractivity contribution is -0.137. The lowest BCUT2D eigenvalue weighted by Crippen LogP contribution is -2.46. The third kappa shape index (κ3) is 4.17. The summed E-state index contributed by atoms with van der Waals surface area (Å²) in [5.74, 6) is -0.936. The quantitative estimate of drug-likeness (QED) is 0.492. The molecular formula is C26H27F3N4O3. The fourth-order valence-electron chi connectivity index (χ4n) is 5.52. The van der Waals surface area contributed by atoms with Gasteiger partial charge in [0, 0.05) is 36.8 Å². The molecule has 5 rings (SSSR count). The van der Waals surface area contributed by atoms with Crippen molar-refractivity contribution >= 4 is 33.6 Å². The zero-order valence-electron chi connectivity index (χ0n) is 20.2. The van der Waals surface area contributed by atoms with Crippen molar-refractivity contribution in [2.24, 2.45) is 0 Å². The molecular weight excluding hydrogens is 473 g/mol. The van der Waals surface area contributed by atoms with Crippen LogP contribution < -0.4 is 5.56 Å². The third-order valence-electron chi connectivity index (χ3n) is 7.40. The second-order valence-electron chi connectivity index (χ2n) is 9.71. The zero-order valence-corrected chi connectivity index (χ0v) is 20.2. The SMILES string of the molecule is CC(=O)n1c(=O)c2ccc(C(F)(F)F)cc2c2cc(C)c(C(=O)N3CCC(N4CCCC4)CC3)nc21. The van der Waals surface area contributed by atoms with Crippen LogP contribution in [0.4, 0.5) is 13.2 Å². The van der Waals surface area contributed by atoms with E-state index in [0.29, 0.717) is 24.7 Å². The van der Waals surface area contributed by atoms with Crippen molar-refractivity contribution in [1.82, 2.24) is 19.4 Å². The number of aryl methyl sites for hydroxylation is 1. The molecule has 0 atom stereocenters. The predicted octanol–water partition coefficient (Wildman–Crippen LogP) is 4.24. The number of benzene rings is 1. The van der Waals surface area contributed by atoms with E-state index in [2.05, 4.69) is 9.88 Å². The monoisotopic (exact) mass is 500 g/mol. The lowest BCUT2D eigenvalue weighted by Gasteiger charge is -2.36. The van der Waals surface area contributed by atoms with Crippen LogP contribution in [0, 0.1) is 6.92 Å². The molecule has 36 heavy (non-hydrogen) atoms. The minimum absolute atomic E-state index is 0.0186. The molecule has 1 amide bonds. The molecule has 0 spiro atoms. The van der Waals surface area contributed by atoms with Gasteiger partial charge in [-0.15, -0.1) is 0 Å². The molecule has 0 unspecified atom stereocenters. The average Bonchev–Trinajstić information content (AvgIpc) is 3.38. The fraction of sp³-hybridized carbons (Fsp3) is 0.462. The molecule has 2 aromatic heterocycles. The van der Waals surface area contributed by atoms with Crippen LogP contribution in [0.3, 0.4) is 0 Å². The number of rotatable bonds is 2. The Morgan fingerprint density at radius 1 is 0.972 bits per heavy atom. The van der Waals surface area contributed by atoms with E-state index < -0.39 is 23.2 Å². The Morgan fingerprint density at radius 3 is 2.25 bits per heavy atom. The van der Waals surface area contributed by atoms with Gasteiger partial charge in [0.15, 0.2) is 5.65 Å². The van der Waals surface area contributed by atoms with E-state index in [4.69, 9.17) is 0 Å². The summed E-state index contributed by atoms with van der Waals surface area (Å²) in [5.41, 5.74) is -1.21. The number of carbonyl (C=O) groups is 2. The highest BCUT2D eigenvalue weighted by molar-refractivity contribution is 6.09. The Hall–Kier alpha value is -3.27. The number of hydrogen-bond acceptors (Lipinski definition) is 5. The zero-order chi connectivity index (χ0) is 25.8. The van der Waals surface area contributed by atoms with Crippen LogP contribution in [0.15, 0.2) is 29.1 Å². The Bertz CT molecular complexity index is 1430. The van der Waals surface area contributed by atoms with E-state index in [-0.39, 0.29) is 33.4 Å². The van der Waals surface area contributed by atoms with Gasteiger partial charge in [0.25, 0.3) is 11.5 Å². The number of aromatic nitrogens is 2. The number of nitrogens with zero attached hydrogens (tertiary/aromatic N) is 4. The summed E-state index contributed by atoms with van der Waals surface area (Å²) in [4.78, 5) is 47.6.